The molecule has 0 spiro atoms. The lowest BCUT2D eigenvalue weighted by atomic mass is 10.2. The van der Waals surface area contributed by atoms with Crippen molar-refractivity contribution in [2.45, 2.75) is 11.8 Å². The largest absolute Gasteiger partial charge is 0.337 e. The van der Waals surface area contributed by atoms with Crippen LogP contribution in [0, 0.1) is 6.92 Å². The van der Waals surface area contributed by atoms with Gasteiger partial charge >= 0.3 is 0 Å². The Morgan fingerprint density at radius 2 is 1.92 bits per heavy atom. The van der Waals surface area contributed by atoms with E-state index in [1.165, 1.54) is 16.4 Å². The van der Waals surface area contributed by atoms with E-state index in [4.69, 9.17) is 11.6 Å². The highest BCUT2D eigenvalue weighted by molar-refractivity contribution is 7.89. The van der Waals surface area contributed by atoms with Gasteiger partial charge in [0.25, 0.3) is 0 Å². The average Bonchev–Trinajstić information content (AvgIpc) is 3.05. The summed E-state index contributed by atoms with van der Waals surface area (Å²) in [6, 6.07) is 8.24. The maximum atomic E-state index is 12.7. The monoisotopic (exact) mass is 410 g/mol. The van der Waals surface area contributed by atoms with Gasteiger partial charge in [0.15, 0.2) is 0 Å². The molecule has 0 bridgehead atoms. The summed E-state index contributed by atoms with van der Waals surface area (Å²) in [5.74, 6) is -0.0994. The molecule has 8 heteroatoms. The minimum Gasteiger partial charge on any atom is -0.337 e. The summed E-state index contributed by atoms with van der Waals surface area (Å²) in [7, 11) is -3.59. The standard InChI is InChI=1S/C18H19ClN2O3S2/c1-14-7-12-25-17(14)5-6-18(22)20-8-10-21(11-9-20)26(23,24)16-4-2-3-15(19)13-16/h2-7,12-13H,8-11H2,1H3/b6-5+. The number of piperazine rings is 1. The molecule has 5 nitrogen and oxygen atoms in total. The van der Waals surface area contributed by atoms with Crippen LogP contribution in [0.15, 0.2) is 46.7 Å². The predicted octanol–water partition coefficient (Wildman–Crippen LogP) is 3.26. The van der Waals surface area contributed by atoms with E-state index >= 15 is 0 Å². The molecule has 1 aromatic heterocycles. The number of amides is 1. The maximum Gasteiger partial charge on any atom is 0.246 e. The zero-order valence-corrected chi connectivity index (χ0v) is 16.6. The number of aryl methyl sites for hydroxylation is 1. The van der Waals surface area contributed by atoms with E-state index in [1.807, 2.05) is 24.4 Å². The molecule has 26 heavy (non-hydrogen) atoms. The number of rotatable bonds is 4. The number of hydrogen-bond acceptors (Lipinski definition) is 4. The third-order valence-electron chi connectivity index (χ3n) is 4.26. The number of sulfonamides is 1. The van der Waals surface area contributed by atoms with Crippen LogP contribution in [0.25, 0.3) is 6.08 Å². The molecule has 1 aliphatic heterocycles. The summed E-state index contributed by atoms with van der Waals surface area (Å²) < 4.78 is 26.8. The first-order chi connectivity index (χ1) is 12.4. The zero-order chi connectivity index (χ0) is 18.7. The molecule has 2 aromatic rings. The quantitative estimate of drug-likeness (QED) is 0.727. The Morgan fingerprint density at radius 3 is 2.54 bits per heavy atom. The fraction of sp³-hybridized carbons (Fsp3) is 0.278. The van der Waals surface area contributed by atoms with Gasteiger partial charge in [-0.1, -0.05) is 17.7 Å². The van der Waals surface area contributed by atoms with Crippen LogP contribution in [0.5, 0.6) is 0 Å². The van der Waals surface area contributed by atoms with Gasteiger partial charge in [0.2, 0.25) is 15.9 Å². The van der Waals surface area contributed by atoms with Gasteiger partial charge in [0, 0.05) is 42.2 Å². The van der Waals surface area contributed by atoms with Gasteiger partial charge in [0.1, 0.15) is 0 Å². The molecule has 0 aliphatic carbocycles. The third-order valence-corrected chi connectivity index (χ3v) is 7.38. The zero-order valence-electron chi connectivity index (χ0n) is 14.3. The molecular weight excluding hydrogens is 392 g/mol. The second-order valence-corrected chi connectivity index (χ2v) is 9.31. The van der Waals surface area contributed by atoms with Crippen LogP contribution in [0.1, 0.15) is 10.4 Å². The molecule has 1 saturated heterocycles. The van der Waals surface area contributed by atoms with Gasteiger partial charge in [-0.2, -0.15) is 4.31 Å². The first-order valence-electron chi connectivity index (χ1n) is 8.15. The summed E-state index contributed by atoms with van der Waals surface area (Å²) in [4.78, 5) is 15.2. The SMILES string of the molecule is Cc1ccsc1/C=C/C(=O)N1CCN(S(=O)(=O)c2cccc(Cl)c2)CC1. The minimum absolute atomic E-state index is 0.0994. The summed E-state index contributed by atoms with van der Waals surface area (Å²) in [5, 5.41) is 2.37. The Bertz CT molecular complexity index is 929. The third kappa shape index (κ3) is 4.17. The molecule has 1 aliphatic rings. The molecular formula is C18H19ClN2O3S2. The summed E-state index contributed by atoms with van der Waals surface area (Å²) in [6.07, 6.45) is 3.37. The van der Waals surface area contributed by atoms with Crippen molar-refractivity contribution >= 4 is 44.9 Å². The number of hydrogen-bond donors (Lipinski definition) is 0. The van der Waals surface area contributed by atoms with Crippen molar-refractivity contribution in [3.63, 3.8) is 0 Å². The average molecular weight is 411 g/mol. The Kier molecular flexibility index (Phi) is 5.82. The Morgan fingerprint density at radius 1 is 1.19 bits per heavy atom. The fourth-order valence-electron chi connectivity index (χ4n) is 2.73. The van der Waals surface area contributed by atoms with Crippen LogP contribution in [0.4, 0.5) is 0 Å². The van der Waals surface area contributed by atoms with E-state index in [9.17, 15) is 13.2 Å². The van der Waals surface area contributed by atoms with E-state index in [0.717, 1.165) is 10.4 Å². The van der Waals surface area contributed by atoms with E-state index < -0.39 is 10.0 Å². The molecule has 0 unspecified atom stereocenters. The van der Waals surface area contributed by atoms with Gasteiger partial charge < -0.3 is 4.90 Å². The normalized spacial score (nSPS) is 16.3. The van der Waals surface area contributed by atoms with Crippen LogP contribution in [0.3, 0.4) is 0 Å². The van der Waals surface area contributed by atoms with Gasteiger partial charge in [-0.3, -0.25) is 4.79 Å². The lowest BCUT2D eigenvalue weighted by molar-refractivity contribution is -0.127. The fourth-order valence-corrected chi connectivity index (χ4v) is 5.28. The lowest BCUT2D eigenvalue weighted by Crippen LogP contribution is -2.50. The Balaban J connectivity index is 1.63. The first-order valence-corrected chi connectivity index (χ1v) is 10.8. The van der Waals surface area contributed by atoms with Crippen molar-refractivity contribution in [2.24, 2.45) is 0 Å². The molecule has 0 atom stereocenters. The molecule has 3 rings (SSSR count). The second-order valence-electron chi connectivity index (χ2n) is 5.99. The van der Waals surface area contributed by atoms with Gasteiger partial charge in [-0.05, 0) is 48.2 Å². The molecule has 0 radical (unpaired) electrons. The number of nitrogens with zero attached hydrogens (tertiary/aromatic N) is 2. The molecule has 1 fully saturated rings. The molecule has 1 amide bonds. The highest BCUT2D eigenvalue weighted by atomic mass is 35.5. The van der Waals surface area contributed by atoms with E-state index in [2.05, 4.69) is 0 Å². The van der Waals surface area contributed by atoms with Crippen molar-refractivity contribution < 1.29 is 13.2 Å². The number of carbonyl (C=O) groups is 1. The molecule has 0 N–H and O–H groups in total. The molecule has 0 saturated carbocycles. The van der Waals surface area contributed by atoms with Crippen LogP contribution in [-0.2, 0) is 14.8 Å². The minimum atomic E-state index is -3.59. The number of carbonyl (C=O) groups excluding carboxylic acids is 1. The predicted molar refractivity (Wildman–Crippen MR) is 105 cm³/mol. The van der Waals surface area contributed by atoms with Crippen molar-refractivity contribution in [3.8, 4) is 0 Å². The second kappa shape index (κ2) is 7.92. The maximum absolute atomic E-state index is 12.7. The summed E-state index contributed by atoms with van der Waals surface area (Å²) in [6.45, 7) is 3.28. The summed E-state index contributed by atoms with van der Waals surface area (Å²) >= 11 is 7.48. The first kappa shape index (κ1) is 19.1. The van der Waals surface area contributed by atoms with Crippen molar-refractivity contribution in [1.29, 1.82) is 0 Å². The number of halogens is 1. The van der Waals surface area contributed by atoms with Crippen LogP contribution in [0.2, 0.25) is 5.02 Å². The number of benzene rings is 1. The molecule has 1 aromatic carbocycles. The highest BCUT2D eigenvalue weighted by Crippen LogP contribution is 2.21. The van der Waals surface area contributed by atoms with Crippen molar-refractivity contribution in [3.05, 3.63) is 57.3 Å². The molecule has 2 heterocycles. The van der Waals surface area contributed by atoms with Gasteiger partial charge in [-0.25, -0.2) is 8.42 Å². The van der Waals surface area contributed by atoms with E-state index in [-0.39, 0.29) is 23.9 Å². The topological polar surface area (TPSA) is 57.7 Å². The Hall–Kier alpha value is -1.67. The smallest absolute Gasteiger partial charge is 0.246 e. The van der Waals surface area contributed by atoms with Crippen LogP contribution in [-0.4, -0.2) is 49.7 Å². The van der Waals surface area contributed by atoms with Crippen LogP contribution >= 0.6 is 22.9 Å². The van der Waals surface area contributed by atoms with Crippen LogP contribution < -0.4 is 0 Å². The summed E-state index contributed by atoms with van der Waals surface area (Å²) in [5.41, 5.74) is 1.14. The highest BCUT2D eigenvalue weighted by Gasteiger charge is 2.29. The molecule has 138 valence electrons. The van der Waals surface area contributed by atoms with Crippen molar-refractivity contribution in [1.82, 2.24) is 9.21 Å². The number of thiophene rings is 1. The van der Waals surface area contributed by atoms with E-state index in [1.54, 1.807) is 34.4 Å². The van der Waals surface area contributed by atoms with E-state index in [0.29, 0.717) is 18.1 Å². The van der Waals surface area contributed by atoms with Gasteiger partial charge in [-0.15, -0.1) is 11.3 Å². The van der Waals surface area contributed by atoms with Crippen molar-refractivity contribution in [2.75, 3.05) is 26.2 Å². The Labute approximate surface area is 162 Å². The van der Waals surface area contributed by atoms with Gasteiger partial charge in [0.05, 0.1) is 4.90 Å². The lowest BCUT2D eigenvalue weighted by Gasteiger charge is -2.33.